The van der Waals surface area contributed by atoms with Crippen molar-refractivity contribution >= 4 is 39.7 Å². The number of carbonyl (C=O) groups excluding carboxylic acids is 1. The molecule has 0 spiro atoms. The maximum absolute atomic E-state index is 12.0. The standard InChI is InChI=1S/C13H12BrClN4O/c1-8-11(14)12(19(2)18-8)13(20)17-16-7-9-3-5-10(15)6-4-9/h3-7H,1-2H3,(H,17,20)/b16-7-. The molecule has 7 heteroatoms. The van der Waals surface area contributed by atoms with E-state index in [1.54, 1.807) is 25.4 Å². The van der Waals surface area contributed by atoms with E-state index in [2.05, 4.69) is 31.6 Å². The summed E-state index contributed by atoms with van der Waals surface area (Å²) >= 11 is 9.12. The molecule has 0 fully saturated rings. The van der Waals surface area contributed by atoms with Crippen LogP contribution in [-0.2, 0) is 7.05 Å². The quantitative estimate of drug-likeness (QED) is 0.680. The number of rotatable bonds is 3. The zero-order valence-corrected chi connectivity index (χ0v) is 13.2. The highest BCUT2D eigenvalue weighted by molar-refractivity contribution is 9.10. The Bertz CT molecular complexity index is 664. The fraction of sp³-hybridized carbons (Fsp3) is 0.154. The van der Waals surface area contributed by atoms with Crippen LogP contribution in [0.2, 0.25) is 5.02 Å². The average Bonchev–Trinajstić information content (AvgIpc) is 2.65. The summed E-state index contributed by atoms with van der Waals surface area (Å²) in [7, 11) is 1.70. The molecule has 0 saturated heterocycles. The Kier molecular flexibility index (Phi) is 4.57. The van der Waals surface area contributed by atoms with Crippen LogP contribution in [0.1, 0.15) is 21.7 Å². The van der Waals surface area contributed by atoms with Gasteiger partial charge in [-0.25, -0.2) is 5.43 Å². The van der Waals surface area contributed by atoms with E-state index in [4.69, 9.17) is 11.6 Å². The van der Waals surface area contributed by atoms with Gasteiger partial charge in [-0.05, 0) is 40.5 Å². The minimum absolute atomic E-state index is 0.329. The van der Waals surface area contributed by atoms with Crippen molar-refractivity contribution in [3.05, 3.63) is 50.7 Å². The summed E-state index contributed by atoms with van der Waals surface area (Å²) < 4.78 is 2.17. The highest BCUT2D eigenvalue weighted by Gasteiger charge is 2.17. The normalized spacial score (nSPS) is 11.0. The Hall–Kier alpha value is -1.66. The van der Waals surface area contributed by atoms with E-state index in [1.807, 2.05) is 19.1 Å². The number of nitrogens with one attached hydrogen (secondary N) is 1. The van der Waals surface area contributed by atoms with Crippen LogP contribution in [0.5, 0.6) is 0 Å². The van der Waals surface area contributed by atoms with E-state index in [-0.39, 0.29) is 5.91 Å². The first kappa shape index (κ1) is 14.7. The second-order valence-electron chi connectivity index (χ2n) is 4.12. The maximum Gasteiger partial charge on any atom is 0.290 e. The molecule has 0 saturated carbocycles. The molecule has 2 rings (SSSR count). The van der Waals surface area contributed by atoms with Crippen LogP contribution in [-0.4, -0.2) is 21.9 Å². The second-order valence-corrected chi connectivity index (χ2v) is 5.35. The van der Waals surface area contributed by atoms with Crippen molar-refractivity contribution in [2.75, 3.05) is 0 Å². The van der Waals surface area contributed by atoms with E-state index in [0.29, 0.717) is 15.2 Å². The minimum Gasteiger partial charge on any atom is -0.266 e. The zero-order chi connectivity index (χ0) is 14.7. The molecule has 1 heterocycles. The van der Waals surface area contributed by atoms with Gasteiger partial charge in [0, 0.05) is 12.1 Å². The van der Waals surface area contributed by atoms with Gasteiger partial charge in [-0.2, -0.15) is 10.2 Å². The van der Waals surface area contributed by atoms with Gasteiger partial charge in [0.15, 0.2) is 0 Å². The smallest absolute Gasteiger partial charge is 0.266 e. The molecule has 2 aromatic rings. The van der Waals surface area contributed by atoms with E-state index in [0.717, 1.165) is 11.3 Å². The van der Waals surface area contributed by atoms with Crippen molar-refractivity contribution in [1.82, 2.24) is 15.2 Å². The van der Waals surface area contributed by atoms with E-state index in [1.165, 1.54) is 4.68 Å². The van der Waals surface area contributed by atoms with Crippen molar-refractivity contribution in [1.29, 1.82) is 0 Å². The first-order valence-electron chi connectivity index (χ1n) is 5.77. The third-order valence-corrected chi connectivity index (χ3v) is 3.82. The summed E-state index contributed by atoms with van der Waals surface area (Å²) in [5.41, 5.74) is 4.48. The SMILES string of the molecule is Cc1nn(C)c(C(=O)N/N=C\c2ccc(Cl)cc2)c1Br. The van der Waals surface area contributed by atoms with Gasteiger partial charge >= 0.3 is 0 Å². The molecule has 20 heavy (non-hydrogen) atoms. The summed E-state index contributed by atoms with van der Waals surface area (Å²) in [6.07, 6.45) is 1.55. The van der Waals surface area contributed by atoms with Gasteiger partial charge in [-0.15, -0.1) is 0 Å². The van der Waals surface area contributed by atoms with Gasteiger partial charge in [-0.1, -0.05) is 23.7 Å². The summed E-state index contributed by atoms with van der Waals surface area (Å²) in [5, 5.41) is 8.71. The van der Waals surface area contributed by atoms with Crippen molar-refractivity contribution in [2.45, 2.75) is 6.92 Å². The fourth-order valence-corrected chi connectivity index (χ4v) is 2.29. The molecule has 5 nitrogen and oxygen atoms in total. The summed E-state index contributed by atoms with van der Waals surface area (Å²) in [4.78, 5) is 12.0. The van der Waals surface area contributed by atoms with Crippen molar-refractivity contribution in [3.8, 4) is 0 Å². The Morgan fingerprint density at radius 2 is 2.10 bits per heavy atom. The summed E-state index contributed by atoms with van der Waals surface area (Å²) in [5.74, 6) is -0.329. The molecule has 0 bridgehead atoms. The number of hydrazone groups is 1. The number of carbonyl (C=O) groups is 1. The topological polar surface area (TPSA) is 59.3 Å². The molecule has 0 atom stereocenters. The van der Waals surface area contributed by atoms with Gasteiger partial charge in [0.05, 0.1) is 16.4 Å². The minimum atomic E-state index is -0.329. The third-order valence-electron chi connectivity index (χ3n) is 2.61. The molecular weight excluding hydrogens is 344 g/mol. The molecule has 1 amide bonds. The number of amides is 1. The predicted octanol–water partition coefficient (Wildman–Crippen LogP) is 2.91. The Balaban J connectivity index is 2.07. The van der Waals surface area contributed by atoms with Crippen molar-refractivity contribution in [2.24, 2.45) is 12.1 Å². The number of nitrogens with zero attached hydrogens (tertiary/aromatic N) is 3. The maximum atomic E-state index is 12.0. The number of aromatic nitrogens is 2. The lowest BCUT2D eigenvalue weighted by Gasteiger charge is -2.01. The number of hydrogen-bond acceptors (Lipinski definition) is 3. The Morgan fingerprint density at radius 3 is 2.65 bits per heavy atom. The van der Waals surface area contributed by atoms with Crippen LogP contribution in [0.3, 0.4) is 0 Å². The molecule has 0 aliphatic rings. The molecule has 1 aromatic carbocycles. The lowest BCUT2D eigenvalue weighted by atomic mass is 10.2. The molecule has 0 aliphatic heterocycles. The molecule has 1 N–H and O–H groups in total. The zero-order valence-electron chi connectivity index (χ0n) is 10.9. The van der Waals surface area contributed by atoms with Gasteiger partial charge in [0.25, 0.3) is 5.91 Å². The monoisotopic (exact) mass is 354 g/mol. The van der Waals surface area contributed by atoms with Crippen LogP contribution in [0.4, 0.5) is 0 Å². The van der Waals surface area contributed by atoms with E-state index >= 15 is 0 Å². The van der Waals surface area contributed by atoms with Crippen LogP contribution >= 0.6 is 27.5 Å². The Morgan fingerprint density at radius 1 is 1.45 bits per heavy atom. The molecule has 1 aromatic heterocycles. The second kappa shape index (κ2) is 6.19. The molecule has 0 unspecified atom stereocenters. The highest BCUT2D eigenvalue weighted by Crippen LogP contribution is 2.19. The molecule has 104 valence electrons. The average molecular weight is 356 g/mol. The predicted molar refractivity (Wildman–Crippen MR) is 82.2 cm³/mol. The van der Waals surface area contributed by atoms with Gasteiger partial charge < -0.3 is 0 Å². The van der Waals surface area contributed by atoms with Crippen LogP contribution in [0.15, 0.2) is 33.8 Å². The van der Waals surface area contributed by atoms with E-state index < -0.39 is 0 Å². The Labute approximate surface area is 129 Å². The number of halogens is 2. The third kappa shape index (κ3) is 3.26. The van der Waals surface area contributed by atoms with Crippen LogP contribution in [0, 0.1) is 6.92 Å². The van der Waals surface area contributed by atoms with Gasteiger partial charge in [-0.3, -0.25) is 9.48 Å². The summed E-state index contributed by atoms with van der Waals surface area (Å²) in [6.45, 7) is 1.82. The van der Waals surface area contributed by atoms with Crippen LogP contribution < -0.4 is 5.43 Å². The molecular formula is C13H12BrClN4O. The first-order chi connectivity index (χ1) is 9.49. The molecule has 0 radical (unpaired) electrons. The molecule has 0 aliphatic carbocycles. The highest BCUT2D eigenvalue weighted by atomic mass is 79.9. The summed E-state index contributed by atoms with van der Waals surface area (Å²) in [6, 6.07) is 7.13. The largest absolute Gasteiger partial charge is 0.290 e. The van der Waals surface area contributed by atoms with Gasteiger partial charge in [0.1, 0.15) is 5.69 Å². The lowest BCUT2D eigenvalue weighted by Crippen LogP contribution is -2.21. The van der Waals surface area contributed by atoms with Crippen molar-refractivity contribution < 1.29 is 4.79 Å². The number of benzene rings is 1. The van der Waals surface area contributed by atoms with Crippen LogP contribution in [0.25, 0.3) is 0 Å². The van der Waals surface area contributed by atoms with Gasteiger partial charge in [0.2, 0.25) is 0 Å². The van der Waals surface area contributed by atoms with E-state index in [9.17, 15) is 4.79 Å². The lowest BCUT2D eigenvalue weighted by molar-refractivity contribution is 0.0945. The fourth-order valence-electron chi connectivity index (χ4n) is 1.65. The number of aryl methyl sites for hydroxylation is 2. The number of hydrogen-bond donors (Lipinski definition) is 1. The van der Waals surface area contributed by atoms with Crippen molar-refractivity contribution in [3.63, 3.8) is 0 Å². The first-order valence-corrected chi connectivity index (χ1v) is 6.94.